The topological polar surface area (TPSA) is 64.1 Å². The minimum Gasteiger partial charge on any atom is -0.465 e. The van der Waals surface area contributed by atoms with Crippen molar-refractivity contribution in [3.05, 3.63) is 46.6 Å². The molecule has 4 rings (SSSR count). The number of fused-ring (bicyclic) bond motifs is 3. The van der Waals surface area contributed by atoms with Gasteiger partial charge in [0.1, 0.15) is 17.0 Å². The number of benzene rings is 1. The molecule has 2 aromatic heterocycles. The number of aromatic nitrogens is 2. The van der Waals surface area contributed by atoms with E-state index in [2.05, 4.69) is 15.3 Å². The minimum atomic E-state index is -0.367. The van der Waals surface area contributed by atoms with Crippen LogP contribution in [0.2, 0.25) is 0 Å². The van der Waals surface area contributed by atoms with Gasteiger partial charge in [-0.3, -0.25) is 0 Å². The van der Waals surface area contributed by atoms with Crippen LogP contribution in [-0.4, -0.2) is 23.0 Å². The third kappa shape index (κ3) is 2.35. The van der Waals surface area contributed by atoms with Gasteiger partial charge in [0.15, 0.2) is 0 Å². The molecule has 0 fully saturated rings. The zero-order chi connectivity index (χ0) is 15.8. The third-order valence-corrected chi connectivity index (χ3v) is 5.29. The molecular weight excluding hydrogens is 310 g/mol. The lowest BCUT2D eigenvalue weighted by molar-refractivity contribution is 0.0602. The number of thiophene rings is 1. The second kappa shape index (κ2) is 5.62. The molecule has 0 radical (unpaired) electrons. The van der Waals surface area contributed by atoms with Gasteiger partial charge in [-0.1, -0.05) is 12.1 Å². The number of para-hydroxylation sites is 1. The number of nitrogens with zero attached hydrogens (tertiary/aromatic N) is 2. The predicted molar refractivity (Wildman–Crippen MR) is 90.5 cm³/mol. The summed E-state index contributed by atoms with van der Waals surface area (Å²) in [4.78, 5) is 23.1. The predicted octanol–water partition coefficient (Wildman–Crippen LogP) is 3.71. The van der Waals surface area contributed by atoms with Crippen molar-refractivity contribution in [2.45, 2.75) is 19.3 Å². The summed E-state index contributed by atoms with van der Waals surface area (Å²) in [5, 5.41) is 4.39. The maximum Gasteiger partial charge on any atom is 0.339 e. The molecule has 0 saturated heterocycles. The lowest BCUT2D eigenvalue weighted by Crippen LogP contribution is -2.06. The van der Waals surface area contributed by atoms with Crippen molar-refractivity contribution in [3.63, 3.8) is 0 Å². The zero-order valence-electron chi connectivity index (χ0n) is 12.6. The Morgan fingerprint density at radius 2 is 2.13 bits per heavy atom. The number of ether oxygens (including phenoxy) is 1. The van der Waals surface area contributed by atoms with Gasteiger partial charge in [0.25, 0.3) is 0 Å². The molecule has 0 amide bonds. The van der Waals surface area contributed by atoms with E-state index in [9.17, 15) is 4.79 Å². The third-order valence-electron chi connectivity index (χ3n) is 4.09. The summed E-state index contributed by atoms with van der Waals surface area (Å²) in [7, 11) is 1.38. The van der Waals surface area contributed by atoms with Crippen molar-refractivity contribution < 1.29 is 9.53 Å². The number of methoxy groups -OCH3 is 1. The molecule has 2 heterocycles. The summed E-state index contributed by atoms with van der Waals surface area (Å²) in [6.45, 7) is 0. The molecule has 0 atom stereocenters. The van der Waals surface area contributed by atoms with E-state index in [1.54, 1.807) is 23.7 Å². The maximum atomic E-state index is 11.9. The molecule has 5 nitrogen and oxygen atoms in total. The molecule has 3 aromatic rings. The van der Waals surface area contributed by atoms with Crippen molar-refractivity contribution in [2.75, 3.05) is 12.4 Å². The van der Waals surface area contributed by atoms with Crippen LogP contribution in [0.3, 0.4) is 0 Å². The van der Waals surface area contributed by atoms with Crippen molar-refractivity contribution in [1.29, 1.82) is 0 Å². The van der Waals surface area contributed by atoms with E-state index in [4.69, 9.17) is 4.74 Å². The Morgan fingerprint density at radius 3 is 3.00 bits per heavy atom. The first-order chi connectivity index (χ1) is 11.3. The highest BCUT2D eigenvalue weighted by Crippen LogP contribution is 2.39. The first kappa shape index (κ1) is 14.1. The smallest absolute Gasteiger partial charge is 0.339 e. The quantitative estimate of drug-likeness (QED) is 0.744. The zero-order valence-corrected chi connectivity index (χ0v) is 13.4. The average molecular weight is 325 g/mol. The normalized spacial score (nSPS) is 13.1. The van der Waals surface area contributed by atoms with Crippen LogP contribution in [-0.2, 0) is 17.6 Å². The number of rotatable bonds is 3. The van der Waals surface area contributed by atoms with Gasteiger partial charge in [-0.2, -0.15) is 0 Å². The number of esters is 1. The number of nitrogens with one attached hydrogen (secondary N) is 1. The summed E-state index contributed by atoms with van der Waals surface area (Å²) in [5.74, 6) is 0.389. The van der Waals surface area contributed by atoms with Crippen LogP contribution in [0, 0.1) is 0 Å². The number of carbonyl (C=O) groups is 1. The summed E-state index contributed by atoms with van der Waals surface area (Å²) < 4.78 is 4.85. The molecule has 1 N–H and O–H groups in total. The molecule has 0 aliphatic heterocycles. The Hall–Kier alpha value is -2.47. The summed E-state index contributed by atoms with van der Waals surface area (Å²) in [5.41, 5.74) is 2.54. The molecule has 0 spiro atoms. The monoisotopic (exact) mass is 325 g/mol. The van der Waals surface area contributed by atoms with Crippen molar-refractivity contribution >= 4 is 39.0 Å². The molecule has 0 bridgehead atoms. The van der Waals surface area contributed by atoms with Gasteiger partial charge in [-0.05, 0) is 37.0 Å². The van der Waals surface area contributed by atoms with Crippen molar-refractivity contribution in [3.8, 4) is 0 Å². The highest BCUT2D eigenvalue weighted by Gasteiger charge is 2.22. The lowest BCUT2D eigenvalue weighted by atomic mass is 10.1. The fourth-order valence-electron chi connectivity index (χ4n) is 3.03. The van der Waals surface area contributed by atoms with E-state index in [1.165, 1.54) is 24.0 Å². The maximum absolute atomic E-state index is 11.9. The summed E-state index contributed by atoms with van der Waals surface area (Å²) in [6.07, 6.45) is 4.94. The molecule has 6 heteroatoms. The van der Waals surface area contributed by atoms with Gasteiger partial charge in [0, 0.05) is 4.88 Å². The van der Waals surface area contributed by atoms with Gasteiger partial charge >= 0.3 is 5.97 Å². The Labute approximate surface area is 137 Å². The highest BCUT2D eigenvalue weighted by atomic mass is 32.1. The number of anilines is 2. The van der Waals surface area contributed by atoms with Crippen LogP contribution in [0.1, 0.15) is 27.2 Å². The Bertz CT molecular complexity index is 904. The van der Waals surface area contributed by atoms with E-state index >= 15 is 0 Å². The second-order valence-electron chi connectivity index (χ2n) is 5.42. The van der Waals surface area contributed by atoms with Crippen LogP contribution >= 0.6 is 11.3 Å². The van der Waals surface area contributed by atoms with E-state index in [0.29, 0.717) is 11.3 Å². The fourth-order valence-corrected chi connectivity index (χ4v) is 4.26. The summed E-state index contributed by atoms with van der Waals surface area (Å²) in [6, 6.07) is 7.29. The Balaban J connectivity index is 1.81. The van der Waals surface area contributed by atoms with Crippen LogP contribution < -0.4 is 5.32 Å². The van der Waals surface area contributed by atoms with E-state index in [1.807, 2.05) is 18.2 Å². The molecule has 116 valence electrons. The minimum absolute atomic E-state index is 0.367. The number of carbonyl (C=O) groups excluding carboxylic acids is 1. The van der Waals surface area contributed by atoms with Crippen molar-refractivity contribution in [1.82, 2.24) is 9.97 Å². The van der Waals surface area contributed by atoms with E-state index < -0.39 is 0 Å². The molecule has 1 aromatic carbocycles. The first-order valence-electron chi connectivity index (χ1n) is 7.47. The Morgan fingerprint density at radius 1 is 1.26 bits per heavy atom. The van der Waals surface area contributed by atoms with Gasteiger partial charge in [0.05, 0.1) is 23.7 Å². The van der Waals surface area contributed by atoms with Crippen LogP contribution in [0.15, 0.2) is 30.6 Å². The number of hydrogen-bond donors (Lipinski definition) is 1. The molecular formula is C17H15N3O2S. The number of hydrogen-bond acceptors (Lipinski definition) is 6. The van der Waals surface area contributed by atoms with E-state index in [0.717, 1.165) is 28.9 Å². The molecule has 0 saturated carbocycles. The standard InChI is InChI=1S/C17H15N3O2S/c1-22-17(21)10-5-2-3-7-12(10)20-15-14-11-6-4-8-13(11)23-16(14)19-9-18-15/h2-3,5,7,9H,4,6,8H2,1H3,(H,18,19,20). The van der Waals surface area contributed by atoms with Crippen LogP contribution in [0.25, 0.3) is 10.2 Å². The average Bonchev–Trinajstić information content (AvgIpc) is 3.15. The van der Waals surface area contributed by atoms with Crippen molar-refractivity contribution in [2.24, 2.45) is 0 Å². The highest BCUT2D eigenvalue weighted by molar-refractivity contribution is 7.19. The van der Waals surface area contributed by atoms with Gasteiger partial charge < -0.3 is 10.1 Å². The Kier molecular flexibility index (Phi) is 3.46. The molecule has 1 aliphatic carbocycles. The SMILES string of the molecule is COC(=O)c1ccccc1Nc1ncnc2sc3c(c12)CCC3. The van der Waals surface area contributed by atoms with Gasteiger partial charge in [-0.25, -0.2) is 14.8 Å². The largest absolute Gasteiger partial charge is 0.465 e. The lowest BCUT2D eigenvalue weighted by Gasteiger charge is -2.11. The second-order valence-corrected chi connectivity index (χ2v) is 6.51. The van der Waals surface area contributed by atoms with Gasteiger partial charge in [-0.15, -0.1) is 11.3 Å². The van der Waals surface area contributed by atoms with Gasteiger partial charge in [0.2, 0.25) is 0 Å². The van der Waals surface area contributed by atoms with Crippen LogP contribution in [0.4, 0.5) is 11.5 Å². The number of aryl methyl sites for hydroxylation is 2. The van der Waals surface area contributed by atoms with Crippen LogP contribution in [0.5, 0.6) is 0 Å². The summed E-state index contributed by atoms with van der Waals surface area (Å²) >= 11 is 1.74. The first-order valence-corrected chi connectivity index (χ1v) is 8.29. The van der Waals surface area contributed by atoms with E-state index in [-0.39, 0.29) is 5.97 Å². The molecule has 0 unspecified atom stereocenters. The fraction of sp³-hybridized carbons (Fsp3) is 0.235. The molecule has 23 heavy (non-hydrogen) atoms. The molecule has 1 aliphatic rings.